The smallest absolute Gasteiger partial charge is 0.270 e. The zero-order valence-electron chi connectivity index (χ0n) is 10.9. The number of fused-ring (bicyclic) bond motifs is 2. The van der Waals surface area contributed by atoms with Crippen LogP contribution in [0.15, 0.2) is 18.2 Å². The van der Waals surface area contributed by atoms with Gasteiger partial charge in [-0.15, -0.1) is 0 Å². The molecular weight excluding hydrogens is 258 g/mol. The topological polar surface area (TPSA) is 90.4 Å². The molecule has 104 valence electrons. The number of aliphatic hydroxyl groups excluding tert-OH is 1. The number of benzene rings is 1. The van der Waals surface area contributed by atoms with Gasteiger partial charge in [-0.25, -0.2) is 0 Å². The fourth-order valence-electron chi connectivity index (χ4n) is 3.49. The van der Waals surface area contributed by atoms with E-state index in [4.69, 9.17) is 0 Å². The van der Waals surface area contributed by atoms with Gasteiger partial charge in [0.05, 0.1) is 22.3 Å². The molecule has 3 rings (SSSR count). The van der Waals surface area contributed by atoms with Crippen molar-refractivity contribution >= 4 is 11.4 Å². The van der Waals surface area contributed by atoms with Gasteiger partial charge in [-0.3, -0.25) is 10.1 Å². The minimum absolute atomic E-state index is 0.0605. The van der Waals surface area contributed by atoms with Gasteiger partial charge >= 0.3 is 0 Å². The second kappa shape index (κ2) is 4.76. The molecule has 2 bridgehead atoms. The number of hydrogen-bond acceptors (Lipinski definition) is 5. The second-order valence-corrected chi connectivity index (χ2v) is 5.49. The van der Waals surface area contributed by atoms with E-state index in [9.17, 15) is 20.5 Å². The molecular formula is C14H15N3O3. The van der Waals surface area contributed by atoms with Crippen molar-refractivity contribution in [2.24, 2.45) is 0 Å². The molecule has 6 heteroatoms. The molecule has 0 aromatic heterocycles. The first kappa shape index (κ1) is 12.9. The van der Waals surface area contributed by atoms with E-state index < -0.39 is 4.92 Å². The summed E-state index contributed by atoms with van der Waals surface area (Å²) in [5.74, 6) is 0. The summed E-state index contributed by atoms with van der Waals surface area (Å²) in [6.07, 6.45) is 3.15. The van der Waals surface area contributed by atoms with Gasteiger partial charge in [0, 0.05) is 24.2 Å². The predicted molar refractivity (Wildman–Crippen MR) is 72.3 cm³/mol. The number of aliphatic hydroxyl groups is 1. The van der Waals surface area contributed by atoms with Crippen LogP contribution in [0.4, 0.5) is 11.4 Å². The third kappa shape index (κ3) is 2.00. The first-order valence-corrected chi connectivity index (χ1v) is 6.75. The first-order chi connectivity index (χ1) is 9.60. The molecule has 0 radical (unpaired) electrons. The van der Waals surface area contributed by atoms with Gasteiger partial charge in [-0.05, 0) is 31.7 Å². The van der Waals surface area contributed by atoms with Gasteiger partial charge in [-0.2, -0.15) is 5.26 Å². The van der Waals surface area contributed by atoms with E-state index >= 15 is 0 Å². The van der Waals surface area contributed by atoms with Crippen LogP contribution in [0.3, 0.4) is 0 Å². The van der Waals surface area contributed by atoms with Crippen LogP contribution in [0.5, 0.6) is 0 Å². The molecule has 0 aliphatic carbocycles. The van der Waals surface area contributed by atoms with Crippen LogP contribution in [0.1, 0.15) is 31.2 Å². The summed E-state index contributed by atoms with van der Waals surface area (Å²) in [5, 5.41) is 29.9. The normalized spacial score (nSPS) is 28.2. The molecule has 1 N–H and O–H groups in total. The van der Waals surface area contributed by atoms with Crippen molar-refractivity contribution in [1.82, 2.24) is 0 Å². The Hall–Kier alpha value is -2.13. The number of nitrogens with zero attached hydrogens (tertiary/aromatic N) is 3. The van der Waals surface area contributed by atoms with E-state index in [2.05, 4.69) is 11.0 Å². The van der Waals surface area contributed by atoms with Gasteiger partial charge < -0.3 is 10.0 Å². The number of non-ortho nitro benzene ring substituents is 1. The van der Waals surface area contributed by atoms with Crippen molar-refractivity contribution in [1.29, 1.82) is 5.26 Å². The summed E-state index contributed by atoms with van der Waals surface area (Å²) in [6, 6.07) is 6.97. The van der Waals surface area contributed by atoms with Crippen LogP contribution in [0.25, 0.3) is 0 Å². The lowest BCUT2D eigenvalue weighted by Crippen LogP contribution is -2.45. The highest BCUT2D eigenvalue weighted by molar-refractivity contribution is 5.64. The molecule has 0 amide bonds. The molecule has 2 aliphatic rings. The Bertz CT molecular complexity index is 582. The monoisotopic (exact) mass is 273 g/mol. The Balaban J connectivity index is 1.99. The largest absolute Gasteiger partial charge is 0.393 e. The van der Waals surface area contributed by atoms with Crippen LogP contribution >= 0.6 is 0 Å². The number of rotatable bonds is 2. The zero-order valence-corrected chi connectivity index (χ0v) is 10.9. The van der Waals surface area contributed by atoms with Crippen LogP contribution in [-0.4, -0.2) is 28.2 Å². The number of nitriles is 1. The Morgan fingerprint density at radius 1 is 1.35 bits per heavy atom. The molecule has 1 aromatic rings. The third-order valence-corrected chi connectivity index (χ3v) is 4.30. The molecule has 20 heavy (non-hydrogen) atoms. The summed E-state index contributed by atoms with van der Waals surface area (Å²) in [6.45, 7) is 0. The van der Waals surface area contributed by atoms with Crippen LogP contribution in [0, 0.1) is 21.4 Å². The molecule has 1 aromatic carbocycles. The molecule has 0 saturated carbocycles. The average molecular weight is 273 g/mol. The highest BCUT2D eigenvalue weighted by Crippen LogP contribution is 2.41. The quantitative estimate of drug-likeness (QED) is 0.657. The van der Waals surface area contributed by atoms with Crippen molar-refractivity contribution < 1.29 is 10.0 Å². The maximum absolute atomic E-state index is 10.8. The number of anilines is 1. The predicted octanol–water partition coefficient (Wildman–Crippen LogP) is 1.96. The van der Waals surface area contributed by atoms with Crippen molar-refractivity contribution in [3.8, 4) is 6.07 Å². The number of hydrogen-bond donors (Lipinski definition) is 1. The van der Waals surface area contributed by atoms with Crippen molar-refractivity contribution in [2.75, 3.05) is 4.90 Å². The van der Waals surface area contributed by atoms with Crippen molar-refractivity contribution in [3.05, 3.63) is 33.9 Å². The zero-order chi connectivity index (χ0) is 14.3. The Labute approximate surface area is 116 Å². The van der Waals surface area contributed by atoms with Gasteiger partial charge in [0.2, 0.25) is 0 Å². The summed E-state index contributed by atoms with van der Waals surface area (Å²) in [4.78, 5) is 12.5. The summed E-state index contributed by atoms with van der Waals surface area (Å²) in [5.41, 5.74) is 1.04. The number of nitro groups is 1. The van der Waals surface area contributed by atoms with E-state index in [1.165, 1.54) is 12.1 Å². The minimum atomic E-state index is -0.487. The van der Waals surface area contributed by atoms with E-state index in [-0.39, 0.29) is 23.9 Å². The minimum Gasteiger partial charge on any atom is -0.393 e. The highest BCUT2D eigenvalue weighted by atomic mass is 16.6. The summed E-state index contributed by atoms with van der Waals surface area (Å²) >= 11 is 0. The van der Waals surface area contributed by atoms with E-state index in [0.717, 1.165) is 18.5 Å². The van der Waals surface area contributed by atoms with Crippen LogP contribution in [0.2, 0.25) is 0 Å². The average Bonchev–Trinajstić information content (AvgIpc) is 2.69. The lowest BCUT2D eigenvalue weighted by Gasteiger charge is -2.39. The SMILES string of the molecule is N#Cc1cc([N+](=O)[O-])ccc1N1C2CCC1CC(O)C2. The van der Waals surface area contributed by atoms with Crippen LogP contribution < -0.4 is 4.90 Å². The fourth-order valence-corrected chi connectivity index (χ4v) is 3.49. The molecule has 2 fully saturated rings. The standard InChI is InChI=1S/C14H15N3O3/c15-8-9-5-12(17(19)20)3-4-14(9)16-10-1-2-11(16)7-13(18)6-10/h3-5,10-11,13,18H,1-2,6-7H2. The Morgan fingerprint density at radius 3 is 2.55 bits per heavy atom. The Morgan fingerprint density at radius 2 is 2.00 bits per heavy atom. The molecule has 6 nitrogen and oxygen atoms in total. The van der Waals surface area contributed by atoms with E-state index in [1.807, 2.05) is 0 Å². The Kier molecular flexibility index (Phi) is 3.07. The molecule has 2 aliphatic heterocycles. The van der Waals surface area contributed by atoms with Crippen molar-refractivity contribution in [3.63, 3.8) is 0 Å². The lowest BCUT2D eigenvalue weighted by molar-refractivity contribution is -0.384. The molecule has 2 unspecified atom stereocenters. The van der Waals surface area contributed by atoms with Gasteiger partial charge in [0.1, 0.15) is 6.07 Å². The fraction of sp³-hybridized carbons (Fsp3) is 0.500. The number of piperidine rings is 1. The van der Waals surface area contributed by atoms with Gasteiger partial charge in [-0.1, -0.05) is 0 Å². The number of nitro benzene ring substituents is 1. The molecule has 0 spiro atoms. The second-order valence-electron chi connectivity index (χ2n) is 5.49. The summed E-state index contributed by atoms with van der Waals surface area (Å²) < 4.78 is 0. The van der Waals surface area contributed by atoms with E-state index in [1.54, 1.807) is 6.07 Å². The van der Waals surface area contributed by atoms with Gasteiger partial charge in [0.15, 0.2) is 0 Å². The lowest BCUT2D eigenvalue weighted by atomic mass is 9.98. The first-order valence-electron chi connectivity index (χ1n) is 6.75. The van der Waals surface area contributed by atoms with Crippen LogP contribution in [-0.2, 0) is 0 Å². The third-order valence-electron chi connectivity index (χ3n) is 4.30. The maximum atomic E-state index is 10.8. The van der Waals surface area contributed by atoms with Gasteiger partial charge in [0.25, 0.3) is 5.69 Å². The van der Waals surface area contributed by atoms with Crippen molar-refractivity contribution in [2.45, 2.75) is 43.9 Å². The summed E-state index contributed by atoms with van der Waals surface area (Å²) in [7, 11) is 0. The maximum Gasteiger partial charge on any atom is 0.270 e. The highest BCUT2D eigenvalue weighted by Gasteiger charge is 2.41. The molecule has 2 heterocycles. The molecule has 2 saturated heterocycles. The van der Waals surface area contributed by atoms with E-state index in [0.29, 0.717) is 18.4 Å². The molecule has 2 atom stereocenters.